The molecule has 2 aliphatic heterocycles. The van der Waals surface area contributed by atoms with Crippen molar-refractivity contribution in [1.82, 2.24) is 4.90 Å². The number of piperidine rings is 1. The molecule has 138 valence electrons. The molecule has 2 heterocycles. The summed E-state index contributed by atoms with van der Waals surface area (Å²) in [5, 5.41) is 11.0. The molecule has 0 spiro atoms. The summed E-state index contributed by atoms with van der Waals surface area (Å²) in [6.07, 6.45) is 2.23. The number of amides is 1. The Balaban J connectivity index is 1.79. The second kappa shape index (κ2) is 7.00. The van der Waals surface area contributed by atoms with E-state index >= 15 is 0 Å². The molecule has 27 heavy (non-hydrogen) atoms. The fourth-order valence-electron chi connectivity index (χ4n) is 4.29. The van der Waals surface area contributed by atoms with Gasteiger partial charge in [-0.05, 0) is 11.1 Å². The molecule has 2 aromatic rings. The number of hydrogen-bond donors (Lipinski definition) is 1. The number of methoxy groups -OCH3 is 1. The molecule has 0 radical (unpaired) electrons. The minimum Gasteiger partial charge on any atom is -0.453 e. The maximum absolute atomic E-state index is 13.5. The molecule has 5 nitrogen and oxygen atoms in total. The Bertz CT molecular complexity index is 864. The lowest BCUT2D eigenvalue weighted by atomic mass is 9.74. The van der Waals surface area contributed by atoms with Crippen molar-refractivity contribution in [3.8, 4) is 0 Å². The number of Topliss-reactive ketones (excluding diaryl/α,β-unsaturated/α-hetero) is 1. The molecule has 1 fully saturated rings. The second-order valence-electron chi connectivity index (χ2n) is 6.92. The van der Waals surface area contributed by atoms with Gasteiger partial charge >= 0.3 is 6.09 Å². The molecule has 2 aliphatic rings. The average molecular weight is 363 g/mol. The standard InChI is InChI=1S/C22H21NO4/c1-27-22(26)23-16-12-13-17(23)19(20(24)15-10-6-3-7-11-15)21(25)18(16)14-8-4-2-5-9-14/h2-13,16-20,24H,1H3/t16-,17+,18+,19-,20-/m0/s1. The third-order valence-corrected chi connectivity index (χ3v) is 5.52. The molecule has 1 N–H and O–H groups in total. The zero-order chi connectivity index (χ0) is 19.0. The molecule has 0 aliphatic carbocycles. The van der Waals surface area contributed by atoms with Crippen LogP contribution >= 0.6 is 0 Å². The van der Waals surface area contributed by atoms with Crippen LogP contribution in [0.3, 0.4) is 0 Å². The maximum atomic E-state index is 13.5. The van der Waals surface area contributed by atoms with Crippen molar-refractivity contribution in [2.45, 2.75) is 24.1 Å². The molecule has 4 rings (SSSR count). The van der Waals surface area contributed by atoms with E-state index in [1.165, 1.54) is 7.11 Å². The first-order valence-electron chi connectivity index (χ1n) is 8.99. The van der Waals surface area contributed by atoms with Gasteiger partial charge in [0.05, 0.1) is 37.1 Å². The predicted octanol–water partition coefficient (Wildman–Crippen LogP) is 3.08. The summed E-state index contributed by atoms with van der Waals surface area (Å²) in [6, 6.07) is 17.6. The molecule has 0 unspecified atom stereocenters. The molecule has 1 amide bonds. The van der Waals surface area contributed by atoms with Crippen LogP contribution in [0.25, 0.3) is 0 Å². The zero-order valence-electron chi connectivity index (χ0n) is 14.9. The number of rotatable bonds is 3. The number of carbonyl (C=O) groups excluding carboxylic acids is 2. The molecule has 2 bridgehead atoms. The molecule has 0 saturated carbocycles. The summed E-state index contributed by atoms with van der Waals surface area (Å²) >= 11 is 0. The van der Waals surface area contributed by atoms with Gasteiger partial charge < -0.3 is 9.84 Å². The Kier molecular flexibility index (Phi) is 4.54. The first-order chi connectivity index (χ1) is 13.1. The number of nitrogens with zero attached hydrogens (tertiary/aromatic N) is 1. The van der Waals surface area contributed by atoms with E-state index in [2.05, 4.69) is 0 Å². The lowest BCUT2D eigenvalue weighted by Gasteiger charge is -2.44. The van der Waals surface area contributed by atoms with Gasteiger partial charge in [0.2, 0.25) is 0 Å². The van der Waals surface area contributed by atoms with Gasteiger partial charge in [-0.25, -0.2) is 4.79 Å². The van der Waals surface area contributed by atoms with Crippen LogP contribution < -0.4 is 0 Å². The van der Waals surface area contributed by atoms with Crippen LogP contribution in [0.5, 0.6) is 0 Å². The fraction of sp³-hybridized carbons (Fsp3) is 0.273. The lowest BCUT2D eigenvalue weighted by Crippen LogP contribution is -2.57. The van der Waals surface area contributed by atoms with Gasteiger partial charge in [0, 0.05) is 0 Å². The Hall–Kier alpha value is -2.92. The van der Waals surface area contributed by atoms with E-state index in [4.69, 9.17) is 4.74 Å². The Morgan fingerprint density at radius 1 is 1.00 bits per heavy atom. The van der Waals surface area contributed by atoms with Crippen LogP contribution in [0.15, 0.2) is 72.8 Å². The highest BCUT2D eigenvalue weighted by molar-refractivity contribution is 5.94. The van der Waals surface area contributed by atoms with E-state index in [9.17, 15) is 14.7 Å². The second-order valence-corrected chi connectivity index (χ2v) is 6.92. The average Bonchev–Trinajstić information content (AvgIpc) is 3.06. The molecule has 0 aromatic heterocycles. The largest absolute Gasteiger partial charge is 0.453 e. The molecule has 1 saturated heterocycles. The molecule has 5 heteroatoms. The van der Waals surface area contributed by atoms with Crippen LogP contribution in [-0.4, -0.2) is 41.1 Å². The number of benzene rings is 2. The summed E-state index contributed by atoms with van der Waals surface area (Å²) in [7, 11) is 1.33. The van der Waals surface area contributed by atoms with Crippen LogP contribution in [0, 0.1) is 5.92 Å². The first kappa shape index (κ1) is 17.5. The van der Waals surface area contributed by atoms with E-state index < -0.39 is 36.1 Å². The van der Waals surface area contributed by atoms with Crippen molar-refractivity contribution >= 4 is 11.9 Å². The summed E-state index contributed by atoms with van der Waals surface area (Å²) in [5.41, 5.74) is 1.49. The van der Waals surface area contributed by atoms with Gasteiger partial charge in [-0.3, -0.25) is 9.69 Å². The van der Waals surface area contributed by atoms with Gasteiger partial charge in [0.1, 0.15) is 0 Å². The smallest absolute Gasteiger partial charge is 0.410 e. The van der Waals surface area contributed by atoms with E-state index in [0.717, 1.165) is 5.56 Å². The lowest BCUT2D eigenvalue weighted by molar-refractivity contribution is -0.135. The van der Waals surface area contributed by atoms with E-state index in [1.54, 1.807) is 17.0 Å². The highest BCUT2D eigenvalue weighted by atomic mass is 16.5. The van der Waals surface area contributed by atoms with Gasteiger partial charge in [0.15, 0.2) is 5.78 Å². The van der Waals surface area contributed by atoms with Crippen molar-refractivity contribution < 1.29 is 19.4 Å². The summed E-state index contributed by atoms with van der Waals surface area (Å²) in [4.78, 5) is 27.5. The summed E-state index contributed by atoms with van der Waals surface area (Å²) in [6.45, 7) is 0. The normalized spacial score (nSPS) is 27.5. The van der Waals surface area contributed by atoms with E-state index in [-0.39, 0.29) is 5.78 Å². The number of ketones is 1. The van der Waals surface area contributed by atoms with Crippen LogP contribution in [0.4, 0.5) is 4.79 Å². The molecule has 5 atom stereocenters. The topological polar surface area (TPSA) is 66.8 Å². The predicted molar refractivity (Wildman–Crippen MR) is 100 cm³/mol. The van der Waals surface area contributed by atoms with Gasteiger partial charge in [-0.2, -0.15) is 0 Å². The van der Waals surface area contributed by atoms with Crippen LogP contribution in [0.1, 0.15) is 23.1 Å². The van der Waals surface area contributed by atoms with Crippen molar-refractivity contribution in [3.05, 3.63) is 83.9 Å². The quantitative estimate of drug-likeness (QED) is 0.851. The molecular formula is C22H21NO4. The number of hydrogen-bond acceptors (Lipinski definition) is 4. The number of aliphatic hydroxyl groups is 1. The van der Waals surface area contributed by atoms with Crippen molar-refractivity contribution in [3.63, 3.8) is 0 Å². The number of carbonyl (C=O) groups is 2. The van der Waals surface area contributed by atoms with E-state index in [1.807, 2.05) is 60.7 Å². The van der Waals surface area contributed by atoms with Crippen molar-refractivity contribution in [2.75, 3.05) is 7.11 Å². The van der Waals surface area contributed by atoms with Crippen LogP contribution in [0.2, 0.25) is 0 Å². The van der Waals surface area contributed by atoms with Crippen molar-refractivity contribution in [2.24, 2.45) is 5.92 Å². The molecular weight excluding hydrogens is 342 g/mol. The zero-order valence-corrected chi connectivity index (χ0v) is 14.9. The minimum atomic E-state index is -1.01. The van der Waals surface area contributed by atoms with Gasteiger partial charge in [-0.1, -0.05) is 72.8 Å². The van der Waals surface area contributed by atoms with Crippen molar-refractivity contribution in [1.29, 1.82) is 0 Å². The minimum absolute atomic E-state index is 0.0577. The Morgan fingerprint density at radius 3 is 2.22 bits per heavy atom. The van der Waals surface area contributed by atoms with Gasteiger partial charge in [0.25, 0.3) is 0 Å². The third-order valence-electron chi connectivity index (χ3n) is 5.52. The van der Waals surface area contributed by atoms with Crippen LogP contribution in [-0.2, 0) is 9.53 Å². The summed E-state index contributed by atoms with van der Waals surface area (Å²) in [5.74, 6) is -1.35. The molecule has 2 aromatic carbocycles. The fourth-order valence-corrected chi connectivity index (χ4v) is 4.29. The number of ether oxygens (including phenoxy) is 1. The SMILES string of the molecule is COC(=O)N1[C@@H]2C=C[C@H]1[C@@H](c1ccccc1)C(=O)[C@@H]2[C@@H](O)c1ccccc1. The number of fused-ring (bicyclic) bond motifs is 2. The monoisotopic (exact) mass is 363 g/mol. The number of aliphatic hydroxyl groups excluding tert-OH is 1. The van der Waals surface area contributed by atoms with Gasteiger partial charge in [-0.15, -0.1) is 0 Å². The Labute approximate surface area is 157 Å². The highest BCUT2D eigenvalue weighted by Crippen LogP contribution is 2.45. The summed E-state index contributed by atoms with van der Waals surface area (Å²) < 4.78 is 4.98. The third kappa shape index (κ3) is 2.84. The maximum Gasteiger partial charge on any atom is 0.410 e. The highest BCUT2D eigenvalue weighted by Gasteiger charge is 2.54. The first-order valence-corrected chi connectivity index (χ1v) is 8.99. The van der Waals surface area contributed by atoms with E-state index in [0.29, 0.717) is 5.56 Å². The Morgan fingerprint density at radius 2 is 1.59 bits per heavy atom.